The standard InChI is InChI=1S/C13H22O3Si/c1-10(8-7-9-17(4,5)6)12(14)11(2)13(15)16-3/h8,11-12,14H,1-6H3/b10-8-/t11-,12+/m0/s1. The Morgan fingerprint density at radius 1 is 1.41 bits per heavy atom. The topological polar surface area (TPSA) is 46.5 Å². The molecule has 0 saturated carbocycles. The zero-order chi connectivity index (χ0) is 13.6. The molecular formula is C13H22O3Si. The van der Waals surface area contributed by atoms with Crippen LogP contribution in [0.25, 0.3) is 0 Å². The molecule has 0 saturated heterocycles. The molecular weight excluding hydrogens is 232 g/mol. The Bertz CT molecular complexity index is 355. The number of allylic oxidation sites excluding steroid dienone is 1. The van der Waals surface area contributed by atoms with Crippen LogP contribution in [-0.2, 0) is 9.53 Å². The lowest BCUT2D eigenvalue weighted by Crippen LogP contribution is -2.27. The number of carbonyl (C=O) groups excluding carboxylic acids is 1. The number of carbonyl (C=O) groups is 1. The van der Waals surface area contributed by atoms with Crippen LogP contribution in [0.2, 0.25) is 19.6 Å². The van der Waals surface area contributed by atoms with Crippen molar-refractivity contribution < 1.29 is 14.6 Å². The van der Waals surface area contributed by atoms with Gasteiger partial charge in [0.25, 0.3) is 0 Å². The summed E-state index contributed by atoms with van der Waals surface area (Å²) >= 11 is 0. The minimum atomic E-state index is -1.39. The van der Waals surface area contributed by atoms with Gasteiger partial charge in [0.2, 0.25) is 0 Å². The number of aliphatic hydroxyl groups excluding tert-OH is 1. The maximum atomic E-state index is 11.3. The van der Waals surface area contributed by atoms with Crippen molar-refractivity contribution in [2.45, 2.75) is 39.6 Å². The summed E-state index contributed by atoms with van der Waals surface area (Å²) in [5.41, 5.74) is 3.86. The number of methoxy groups -OCH3 is 1. The normalized spacial score (nSPS) is 15.6. The Morgan fingerprint density at radius 3 is 2.35 bits per heavy atom. The van der Waals surface area contributed by atoms with E-state index in [1.165, 1.54) is 7.11 Å². The predicted octanol–water partition coefficient (Wildman–Crippen LogP) is 1.98. The molecule has 3 nitrogen and oxygen atoms in total. The van der Waals surface area contributed by atoms with Crippen molar-refractivity contribution in [1.29, 1.82) is 0 Å². The van der Waals surface area contributed by atoms with Crippen LogP contribution in [0.15, 0.2) is 11.6 Å². The molecule has 0 heterocycles. The molecule has 0 rings (SSSR count). The van der Waals surface area contributed by atoms with Crippen LogP contribution in [0, 0.1) is 17.4 Å². The Hall–Kier alpha value is -1.05. The number of aliphatic hydroxyl groups is 1. The van der Waals surface area contributed by atoms with Crippen molar-refractivity contribution in [1.82, 2.24) is 0 Å². The Labute approximate surface area is 105 Å². The first-order chi connectivity index (χ1) is 7.69. The average Bonchev–Trinajstić information content (AvgIpc) is 2.24. The third-order valence-corrected chi connectivity index (χ3v) is 3.15. The maximum absolute atomic E-state index is 11.3. The molecule has 0 fully saturated rings. The maximum Gasteiger partial charge on any atom is 0.311 e. The molecule has 0 aliphatic carbocycles. The molecule has 4 heteroatoms. The molecule has 17 heavy (non-hydrogen) atoms. The molecule has 0 unspecified atom stereocenters. The molecule has 0 aliphatic rings. The third kappa shape index (κ3) is 6.30. The number of ether oxygens (including phenoxy) is 1. The second-order valence-electron chi connectivity index (χ2n) is 5.16. The van der Waals surface area contributed by atoms with E-state index in [1.54, 1.807) is 19.9 Å². The van der Waals surface area contributed by atoms with Gasteiger partial charge >= 0.3 is 5.97 Å². The molecule has 0 aromatic rings. The zero-order valence-electron chi connectivity index (χ0n) is 11.5. The smallest absolute Gasteiger partial charge is 0.311 e. The quantitative estimate of drug-likeness (QED) is 0.476. The summed E-state index contributed by atoms with van der Waals surface area (Å²) in [5, 5.41) is 9.89. The molecule has 1 N–H and O–H groups in total. The highest BCUT2D eigenvalue weighted by Crippen LogP contribution is 2.13. The van der Waals surface area contributed by atoms with Crippen molar-refractivity contribution in [2.24, 2.45) is 5.92 Å². The summed E-state index contributed by atoms with van der Waals surface area (Å²) in [5.74, 6) is 1.98. The number of esters is 1. The second kappa shape index (κ2) is 6.63. The highest BCUT2D eigenvalue weighted by Gasteiger charge is 2.23. The van der Waals surface area contributed by atoms with E-state index >= 15 is 0 Å². The predicted molar refractivity (Wildman–Crippen MR) is 72.1 cm³/mol. The number of hydrogen-bond acceptors (Lipinski definition) is 3. The SMILES string of the molecule is COC(=O)[C@@H](C)[C@H](O)/C(C)=C\C#C[Si](C)(C)C. The van der Waals surface area contributed by atoms with Crippen LogP contribution in [0.5, 0.6) is 0 Å². The van der Waals surface area contributed by atoms with Gasteiger partial charge in [-0.05, 0) is 25.5 Å². The number of hydrogen-bond donors (Lipinski definition) is 1. The van der Waals surface area contributed by atoms with E-state index in [0.29, 0.717) is 5.57 Å². The van der Waals surface area contributed by atoms with Gasteiger partial charge in [-0.2, -0.15) is 0 Å². The third-order valence-electron chi connectivity index (χ3n) is 2.26. The molecule has 0 aromatic carbocycles. The van der Waals surface area contributed by atoms with E-state index in [0.717, 1.165) is 0 Å². The summed E-state index contributed by atoms with van der Waals surface area (Å²) in [6.07, 6.45) is 0.848. The lowest BCUT2D eigenvalue weighted by Gasteiger charge is -2.16. The van der Waals surface area contributed by atoms with Crippen LogP contribution >= 0.6 is 0 Å². The monoisotopic (exact) mass is 254 g/mol. The van der Waals surface area contributed by atoms with Gasteiger partial charge in [-0.25, -0.2) is 0 Å². The fraction of sp³-hybridized carbons (Fsp3) is 0.615. The minimum Gasteiger partial charge on any atom is -0.469 e. The molecule has 0 amide bonds. The molecule has 0 radical (unpaired) electrons. The van der Waals surface area contributed by atoms with Gasteiger partial charge in [0.1, 0.15) is 8.07 Å². The van der Waals surface area contributed by atoms with E-state index in [4.69, 9.17) is 0 Å². The lowest BCUT2D eigenvalue weighted by atomic mass is 9.98. The summed E-state index contributed by atoms with van der Waals surface area (Å²) in [7, 11) is -0.0786. The second-order valence-corrected chi connectivity index (χ2v) is 9.91. The van der Waals surface area contributed by atoms with Crippen molar-refractivity contribution in [3.05, 3.63) is 11.6 Å². The zero-order valence-corrected chi connectivity index (χ0v) is 12.5. The first-order valence-corrected chi connectivity index (χ1v) is 9.14. The molecule has 0 aromatic heterocycles. The van der Waals surface area contributed by atoms with Gasteiger partial charge in [0.05, 0.1) is 19.1 Å². The van der Waals surface area contributed by atoms with E-state index in [-0.39, 0.29) is 0 Å². The first kappa shape index (κ1) is 15.9. The van der Waals surface area contributed by atoms with Gasteiger partial charge < -0.3 is 9.84 Å². The lowest BCUT2D eigenvalue weighted by molar-refractivity contribution is -0.147. The average molecular weight is 254 g/mol. The molecule has 0 aliphatic heterocycles. The van der Waals surface area contributed by atoms with Crippen molar-refractivity contribution >= 4 is 14.0 Å². The summed E-state index contributed by atoms with van der Waals surface area (Å²) < 4.78 is 4.59. The Morgan fingerprint density at radius 2 is 1.94 bits per heavy atom. The Balaban J connectivity index is 4.69. The van der Waals surface area contributed by atoms with Gasteiger partial charge in [0, 0.05) is 0 Å². The van der Waals surface area contributed by atoms with E-state index < -0.39 is 26.1 Å². The fourth-order valence-electron chi connectivity index (χ4n) is 1.16. The van der Waals surface area contributed by atoms with Crippen LogP contribution < -0.4 is 0 Å². The molecule has 96 valence electrons. The Kier molecular flexibility index (Phi) is 6.22. The van der Waals surface area contributed by atoms with E-state index in [2.05, 4.69) is 35.8 Å². The summed E-state index contributed by atoms with van der Waals surface area (Å²) in [6, 6.07) is 0. The van der Waals surface area contributed by atoms with Gasteiger partial charge in [0.15, 0.2) is 0 Å². The van der Waals surface area contributed by atoms with Crippen molar-refractivity contribution in [3.63, 3.8) is 0 Å². The van der Waals surface area contributed by atoms with Crippen LogP contribution in [0.3, 0.4) is 0 Å². The summed E-state index contributed by atoms with van der Waals surface area (Å²) in [6.45, 7) is 9.85. The van der Waals surface area contributed by atoms with E-state index in [1.807, 2.05) is 0 Å². The largest absolute Gasteiger partial charge is 0.469 e. The van der Waals surface area contributed by atoms with Gasteiger partial charge in [-0.15, -0.1) is 5.54 Å². The molecule has 0 spiro atoms. The molecule has 0 bridgehead atoms. The van der Waals surface area contributed by atoms with Crippen LogP contribution in [0.1, 0.15) is 13.8 Å². The van der Waals surface area contributed by atoms with Crippen LogP contribution in [0.4, 0.5) is 0 Å². The van der Waals surface area contributed by atoms with Gasteiger partial charge in [-0.1, -0.05) is 25.6 Å². The highest BCUT2D eigenvalue weighted by atomic mass is 28.3. The van der Waals surface area contributed by atoms with E-state index in [9.17, 15) is 9.90 Å². The molecule has 2 atom stereocenters. The fourth-order valence-corrected chi connectivity index (χ4v) is 1.67. The highest BCUT2D eigenvalue weighted by molar-refractivity contribution is 6.83. The number of rotatable bonds is 3. The van der Waals surface area contributed by atoms with Gasteiger partial charge in [-0.3, -0.25) is 4.79 Å². The minimum absolute atomic E-state index is 0.414. The van der Waals surface area contributed by atoms with Crippen molar-refractivity contribution in [3.8, 4) is 11.5 Å². The van der Waals surface area contributed by atoms with Crippen molar-refractivity contribution in [2.75, 3.05) is 7.11 Å². The first-order valence-electron chi connectivity index (χ1n) is 5.64. The summed E-state index contributed by atoms with van der Waals surface area (Å²) in [4.78, 5) is 11.3. The van der Waals surface area contributed by atoms with Crippen LogP contribution in [-0.4, -0.2) is 32.4 Å².